The summed E-state index contributed by atoms with van der Waals surface area (Å²) in [6.45, 7) is 0.606. The van der Waals surface area contributed by atoms with Crippen LogP contribution in [0.25, 0.3) is 11.1 Å². The van der Waals surface area contributed by atoms with E-state index in [2.05, 4.69) is 10.6 Å². The topological polar surface area (TPSA) is 114 Å². The number of nitrogens with zero attached hydrogens (tertiary/aromatic N) is 1. The number of benzene rings is 1. The van der Waals surface area contributed by atoms with E-state index in [1.54, 1.807) is 18.2 Å². The number of para-hydroxylation sites is 2. The molecule has 1 fully saturated rings. The van der Waals surface area contributed by atoms with Gasteiger partial charge >= 0.3 is 17.8 Å². The summed E-state index contributed by atoms with van der Waals surface area (Å²) in [4.78, 5) is 34.7. The Morgan fingerprint density at radius 3 is 2.64 bits per heavy atom. The Kier molecular flexibility index (Phi) is 5.06. The molecule has 25 heavy (non-hydrogen) atoms. The molecule has 8 heteroatoms. The van der Waals surface area contributed by atoms with E-state index in [0.29, 0.717) is 49.9 Å². The Hall–Kier alpha value is -2.77. The molecule has 3 N–H and O–H groups in total. The molecule has 0 saturated heterocycles. The van der Waals surface area contributed by atoms with Crippen molar-refractivity contribution >= 4 is 23.1 Å². The number of hydrogen-bond acceptors (Lipinski definition) is 4. The Morgan fingerprint density at radius 1 is 1.20 bits per heavy atom. The van der Waals surface area contributed by atoms with Crippen molar-refractivity contribution < 1.29 is 19.1 Å². The number of carboxylic acid groups (broad SMARTS) is 1. The predicted molar refractivity (Wildman–Crippen MR) is 90.4 cm³/mol. The van der Waals surface area contributed by atoms with Crippen LogP contribution in [-0.4, -0.2) is 34.3 Å². The van der Waals surface area contributed by atoms with Crippen molar-refractivity contribution in [3.63, 3.8) is 0 Å². The van der Waals surface area contributed by atoms with Gasteiger partial charge in [-0.1, -0.05) is 12.1 Å². The van der Waals surface area contributed by atoms with Gasteiger partial charge in [-0.2, -0.15) is 0 Å². The lowest BCUT2D eigenvalue weighted by Crippen LogP contribution is -2.45. The third-order valence-corrected chi connectivity index (χ3v) is 4.61. The highest BCUT2D eigenvalue weighted by Crippen LogP contribution is 2.24. The van der Waals surface area contributed by atoms with Crippen LogP contribution >= 0.6 is 0 Å². The van der Waals surface area contributed by atoms with Crippen molar-refractivity contribution in [3.8, 4) is 0 Å². The number of carboxylic acids is 1. The molecule has 1 aliphatic carbocycles. The second-order valence-corrected chi connectivity index (χ2v) is 6.27. The minimum Gasteiger partial charge on any atom is -0.481 e. The largest absolute Gasteiger partial charge is 0.481 e. The molecule has 0 bridgehead atoms. The second-order valence-electron chi connectivity index (χ2n) is 6.27. The number of nitrogens with one attached hydrogen (secondary N) is 2. The van der Waals surface area contributed by atoms with Crippen molar-refractivity contribution in [2.24, 2.45) is 5.92 Å². The number of carbonyl (C=O) groups is 2. The Bertz CT molecular complexity index is 817. The fraction of sp³-hybridized carbons (Fsp3) is 0.471. The van der Waals surface area contributed by atoms with Crippen molar-refractivity contribution in [3.05, 3.63) is 34.8 Å². The molecule has 0 unspecified atom stereocenters. The summed E-state index contributed by atoms with van der Waals surface area (Å²) < 4.78 is 6.62. The fourth-order valence-electron chi connectivity index (χ4n) is 3.23. The maximum absolute atomic E-state index is 12.0. The lowest BCUT2D eigenvalue weighted by Gasteiger charge is -2.26. The van der Waals surface area contributed by atoms with Crippen molar-refractivity contribution in [2.45, 2.75) is 38.3 Å². The number of fused-ring (bicyclic) bond motifs is 1. The summed E-state index contributed by atoms with van der Waals surface area (Å²) in [5.41, 5.74) is 1.22. The number of amides is 2. The number of aliphatic carboxylic acids is 1. The Balaban J connectivity index is 1.46. The molecule has 1 aliphatic rings. The van der Waals surface area contributed by atoms with Gasteiger partial charge in [0.2, 0.25) is 0 Å². The van der Waals surface area contributed by atoms with Gasteiger partial charge in [-0.3, -0.25) is 9.36 Å². The molecule has 8 nitrogen and oxygen atoms in total. The Morgan fingerprint density at radius 2 is 1.92 bits per heavy atom. The maximum Gasteiger partial charge on any atom is 0.420 e. The van der Waals surface area contributed by atoms with E-state index in [0.717, 1.165) is 0 Å². The zero-order valence-electron chi connectivity index (χ0n) is 13.7. The minimum absolute atomic E-state index is 0.00641. The van der Waals surface area contributed by atoms with Crippen LogP contribution in [0.1, 0.15) is 25.7 Å². The van der Waals surface area contributed by atoms with E-state index in [-0.39, 0.29) is 18.0 Å². The van der Waals surface area contributed by atoms with E-state index in [9.17, 15) is 14.4 Å². The van der Waals surface area contributed by atoms with E-state index in [1.807, 2.05) is 6.07 Å². The first kappa shape index (κ1) is 17.1. The molecule has 0 radical (unpaired) electrons. The van der Waals surface area contributed by atoms with Crippen LogP contribution in [0.5, 0.6) is 0 Å². The second kappa shape index (κ2) is 7.42. The van der Waals surface area contributed by atoms with Crippen LogP contribution in [0.3, 0.4) is 0 Å². The first-order chi connectivity index (χ1) is 12.0. The van der Waals surface area contributed by atoms with Gasteiger partial charge in [-0.05, 0) is 37.8 Å². The maximum atomic E-state index is 12.0. The van der Waals surface area contributed by atoms with Gasteiger partial charge in [0, 0.05) is 19.1 Å². The standard InChI is InChI=1S/C17H21N3O5/c21-15(22)11-5-7-12(8-6-11)19-16(23)18-9-10-20-13-3-1-2-4-14(13)25-17(20)24/h1-4,11-12H,5-10H2,(H,21,22)(H2,18,19,23). The Labute approximate surface area is 143 Å². The summed E-state index contributed by atoms with van der Waals surface area (Å²) in [7, 11) is 0. The summed E-state index contributed by atoms with van der Waals surface area (Å²) in [6.07, 6.45) is 2.49. The van der Waals surface area contributed by atoms with Gasteiger partial charge in [0.05, 0.1) is 11.4 Å². The van der Waals surface area contributed by atoms with Crippen LogP contribution in [0.4, 0.5) is 4.79 Å². The number of urea groups is 1. The zero-order chi connectivity index (χ0) is 17.8. The SMILES string of the molecule is O=C(NCCn1c(=O)oc2ccccc21)NC1CCC(C(=O)O)CC1. The summed E-state index contributed by atoms with van der Waals surface area (Å²) in [5, 5.41) is 14.6. The normalized spacial score (nSPS) is 20.3. The van der Waals surface area contributed by atoms with Gasteiger partial charge in [-0.25, -0.2) is 9.59 Å². The molecule has 3 rings (SSSR count). The van der Waals surface area contributed by atoms with Crippen molar-refractivity contribution in [2.75, 3.05) is 6.54 Å². The lowest BCUT2D eigenvalue weighted by atomic mass is 9.86. The molecule has 1 heterocycles. The number of oxazole rings is 1. The molecule has 134 valence electrons. The lowest BCUT2D eigenvalue weighted by molar-refractivity contribution is -0.142. The van der Waals surface area contributed by atoms with Crippen molar-refractivity contribution in [1.82, 2.24) is 15.2 Å². The number of aromatic nitrogens is 1. The average molecular weight is 347 g/mol. The molecule has 1 aromatic heterocycles. The molecule has 1 saturated carbocycles. The minimum atomic E-state index is -0.763. The summed E-state index contributed by atoms with van der Waals surface area (Å²) in [6, 6.07) is 6.82. The molecule has 0 aliphatic heterocycles. The van der Waals surface area contributed by atoms with Crippen LogP contribution in [-0.2, 0) is 11.3 Å². The highest BCUT2D eigenvalue weighted by atomic mass is 16.4. The first-order valence-corrected chi connectivity index (χ1v) is 8.40. The average Bonchev–Trinajstić information content (AvgIpc) is 2.91. The van der Waals surface area contributed by atoms with Gasteiger partial charge in [0.15, 0.2) is 5.58 Å². The highest BCUT2D eigenvalue weighted by molar-refractivity contribution is 5.75. The summed E-state index contributed by atoms with van der Waals surface area (Å²) in [5.74, 6) is -1.52. The smallest absolute Gasteiger partial charge is 0.420 e. The quantitative estimate of drug-likeness (QED) is 0.759. The molecule has 1 aromatic carbocycles. The molecule has 2 aromatic rings. The van der Waals surface area contributed by atoms with E-state index < -0.39 is 11.7 Å². The number of hydrogen-bond donors (Lipinski definition) is 3. The van der Waals surface area contributed by atoms with Crippen LogP contribution in [0.15, 0.2) is 33.5 Å². The van der Waals surface area contributed by atoms with Crippen LogP contribution in [0.2, 0.25) is 0 Å². The molecule has 0 spiro atoms. The monoisotopic (exact) mass is 347 g/mol. The van der Waals surface area contributed by atoms with Crippen LogP contribution < -0.4 is 16.4 Å². The van der Waals surface area contributed by atoms with Gasteiger partial charge < -0.3 is 20.2 Å². The van der Waals surface area contributed by atoms with E-state index in [1.165, 1.54) is 4.57 Å². The third kappa shape index (κ3) is 4.01. The van der Waals surface area contributed by atoms with E-state index >= 15 is 0 Å². The van der Waals surface area contributed by atoms with Crippen LogP contribution in [0, 0.1) is 5.92 Å². The third-order valence-electron chi connectivity index (χ3n) is 4.61. The highest BCUT2D eigenvalue weighted by Gasteiger charge is 2.26. The zero-order valence-corrected chi connectivity index (χ0v) is 13.7. The molecule has 0 atom stereocenters. The van der Waals surface area contributed by atoms with E-state index in [4.69, 9.17) is 9.52 Å². The molecular weight excluding hydrogens is 326 g/mol. The van der Waals surface area contributed by atoms with Gasteiger partial charge in [0.1, 0.15) is 0 Å². The number of rotatable bonds is 5. The first-order valence-electron chi connectivity index (χ1n) is 8.40. The van der Waals surface area contributed by atoms with Gasteiger partial charge in [-0.15, -0.1) is 0 Å². The fourth-order valence-corrected chi connectivity index (χ4v) is 3.23. The van der Waals surface area contributed by atoms with Gasteiger partial charge in [0.25, 0.3) is 0 Å². The molecular formula is C17H21N3O5. The predicted octanol–water partition coefficient (Wildman–Crippen LogP) is 1.54. The summed E-state index contributed by atoms with van der Waals surface area (Å²) >= 11 is 0. The molecule has 2 amide bonds. The van der Waals surface area contributed by atoms with Crippen molar-refractivity contribution in [1.29, 1.82) is 0 Å². The number of carbonyl (C=O) groups excluding carboxylic acids is 1.